The SMILES string of the molecule is Cc1oc(C(C)C)cc1C(=O)N1CC(CO)C(CN2CCCCC2)C1. The molecular weight excluding hydrogens is 316 g/mol. The molecule has 1 N–H and O–H groups in total. The first-order valence-corrected chi connectivity index (χ1v) is 9.72. The number of amides is 1. The number of carbonyl (C=O) groups excluding carboxylic acids is 1. The van der Waals surface area contributed by atoms with E-state index in [0.29, 0.717) is 23.8 Å². The number of nitrogens with zero attached hydrogens (tertiary/aromatic N) is 2. The molecule has 0 spiro atoms. The van der Waals surface area contributed by atoms with E-state index in [2.05, 4.69) is 18.7 Å². The molecule has 5 nitrogen and oxygen atoms in total. The molecule has 2 atom stereocenters. The number of piperidine rings is 1. The molecule has 5 heteroatoms. The first kappa shape index (κ1) is 18.5. The van der Waals surface area contributed by atoms with Crippen LogP contribution >= 0.6 is 0 Å². The number of aliphatic hydroxyl groups is 1. The van der Waals surface area contributed by atoms with Crippen LogP contribution in [0.2, 0.25) is 0 Å². The number of hydrogen-bond acceptors (Lipinski definition) is 4. The van der Waals surface area contributed by atoms with E-state index in [9.17, 15) is 9.90 Å². The van der Waals surface area contributed by atoms with Gasteiger partial charge in [0.15, 0.2) is 0 Å². The summed E-state index contributed by atoms with van der Waals surface area (Å²) in [6.45, 7) is 10.8. The molecule has 2 unspecified atom stereocenters. The van der Waals surface area contributed by atoms with Gasteiger partial charge >= 0.3 is 0 Å². The van der Waals surface area contributed by atoms with Crippen molar-refractivity contribution in [3.8, 4) is 0 Å². The highest BCUT2D eigenvalue weighted by Crippen LogP contribution is 2.29. The molecule has 2 aliphatic heterocycles. The third-order valence-electron chi connectivity index (χ3n) is 5.78. The van der Waals surface area contributed by atoms with E-state index in [1.54, 1.807) is 0 Å². The molecular formula is C20H32N2O3. The quantitative estimate of drug-likeness (QED) is 0.889. The average Bonchev–Trinajstić information content (AvgIpc) is 3.19. The van der Waals surface area contributed by atoms with E-state index in [1.165, 1.54) is 19.3 Å². The van der Waals surface area contributed by atoms with Crippen LogP contribution in [0.4, 0.5) is 0 Å². The van der Waals surface area contributed by atoms with Crippen LogP contribution in [0.3, 0.4) is 0 Å². The Balaban J connectivity index is 1.67. The number of aryl methyl sites for hydroxylation is 1. The van der Waals surface area contributed by atoms with Crippen LogP contribution in [-0.4, -0.2) is 60.1 Å². The van der Waals surface area contributed by atoms with Gasteiger partial charge in [-0.05, 0) is 44.8 Å². The van der Waals surface area contributed by atoms with Gasteiger partial charge in [0.2, 0.25) is 0 Å². The average molecular weight is 348 g/mol. The van der Waals surface area contributed by atoms with Gasteiger partial charge in [-0.1, -0.05) is 20.3 Å². The fourth-order valence-corrected chi connectivity index (χ4v) is 4.16. The summed E-state index contributed by atoms with van der Waals surface area (Å²) >= 11 is 0. The topological polar surface area (TPSA) is 56.9 Å². The van der Waals surface area contributed by atoms with Crippen molar-refractivity contribution in [2.24, 2.45) is 11.8 Å². The van der Waals surface area contributed by atoms with Gasteiger partial charge in [0.1, 0.15) is 11.5 Å². The summed E-state index contributed by atoms with van der Waals surface area (Å²) in [4.78, 5) is 17.4. The van der Waals surface area contributed by atoms with Crippen LogP contribution in [0, 0.1) is 18.8 Å². The Morgan fingerprint density at radius 3 is 2.52 bits per heavy atom. The van der Waals surface area contributed by atoms with Crippen molar-refractivity contribution in [1.82, 2.24) is 9.80 Å². The minimum Gasteiger partial charge on any atom is -0.465 e. The molecule has 3 rings (SSSR count). The van der Waals surface area contributed by atoms with Gasteiger partial charge in [0.05, 0.1) is 5.56 Å². The van der Waals surface area contributed by atoms with Crippen LogP contribution in [0.1, 0.15) is 60.9 Å². The van der Waals surface area contributed by atoms with Gasteiger partial charge in [0.25, 0.3) is 5.91 Å². The second-order valence-corrected chi connectivity index (χ2v) is 8.05. The molecule has 1 aromatic heterocycles. The summed E-state index contributed by atoms with van der Waals surface area (Å²) in [6.07, 6.45) is 3.86. The Morgan fingerprint density at radius 1 is 1.24 bits per heavy atom. The normalized spacial score (nSPS) is 25.1. The maximum atomic E-state index is 13.0. The van der Waals surface area contributed by atoms with Crippen LogP contribution in [0.15, 0.2) is 10.5 Å². The van der Waals surface area contributed by atoms with Crippen molar-refractivity contribution in [3.63, 3.8) is 0 Å². The molecule has 3 heterocycles. The number of aliphatic hydroxyl groups excluding tert-OH is 1. The maximum Gasteiger partial charge on any atom is 0.257 e. The summed E-state index contributed by atoms with van der Waals surface area (Å²) < 4.78 is 5.75. The second kappa shape index (κ2) is 7.92. The van der Waals surface area contributed by atoms with Crippen LogP contribution in [0.25, 0.3) is 0 Å². The van der Waals surface area contributed by atoms with Crippen molar-refractivity contribution in [2.75, 3.05) is 39.3 Å². The zero-order valence-corrected chi connectivity index (χ0v) is 15.8. The van der Waals surface area contributed by atoms with E-state index in [4.69, 9.17) is 4.42 Å². The van der Waals surface area contributed by atoms with Crippen LogP contribution in [0.5, 0.6) is 0 Å². The lowest BCUT2D eigenvalue weighted by Gasteiger charge is -2.30. The van der Waals surface area contributed by atoms with Crippen LogP contribution < -0.4 is 0 Å². The Hall–Kier alpha value is -1.33. The monoisotopic (exact) mass is 348 g/mol. The zero-order valence-electron chi connectivity index (χ0n) is 15.8. The fraction of sp³-hybridized carbons (Fsp3) is 0.750. The second-order valence-electron chi connectivity index (χ2n) is 8.05. The lowest BCUT2D eigenvalue weighted by atomic mass is 9.95. The number of furan rings is 1. The zero-order chi connectivity index (χ0) is 18.0. The highest BCUT2D eigenvalue weighted by atomic mass is 16.3. The lowest BCUT2D eigenvalue weighted by Crippen LogP contribution is -2.37. The van der Waals surface area contributed by atoms with Crippen LogP contribution in [-0.2, 0) is 0 Å². The minimum absolute atomic E-state index is 0.0488. The predicted molar refractivity (Wildman–Crippen MR) is 97.8 cm³/mol. The molecule has 0 aliphatic carbocycles. The lowest BCUT2D eigenvalue weighted by molar-refractivity contribution is 0.0776. The molecule has 1 aromatic rings. The molecule has 2 saturated heterocycles. The standard InChI is InChI=1S/C20H32N2O3/c1-14(2)19-9-18(15(3)25-19)20(24)22-11-16(17(12-22)13-23)10-21-7-5-4-6-8-21/h9,14,16-17,23H,4-8,10-13H2,1-3H3. The van der Waals surface area contributed by atoms with Crippen molar-refractivity contribution >= 4 is 5.91 Å². The van der Waals surface area contributed by atoms with E-state index in [1.807, 2.05) is 17.9 Å². The maximum absolute atomic E-state index is 13.0. The summed E-state index contributed by atoms with van der Waals surface area (Å²) in [5.74, 6) is 2.44. The van der Waals surface area contributed by atoms with Gasteiger partial charge < -0.3 is 19.3 Å². The molecule has 0 aromatic carbocycles. The van der Waals surface area contributed by atoms with Crippen molar-refractivity contribution in [1.29, 1.82) is 0 Å². The predicted octanol–water partition coefficient (Wildman–Crippen LogP) is 2.88. The molecule has 0 bridgehead atoms. The third-order valence-corrected chi connectivity index (χ3v) is 5.78. The van der Waals surface area contributed by atoms with E-state index >= 15 is 0 Å². The highest BCUT2D eigenvalue weighted by molar-refractivity contribution is 5.95. The van der Waals surface area contributed by atoms with Gasteiger partial charge in [-0.3, -0.25) is 4.79 Å². The summed E-state index contributed by atoms with van der Waals surface area (Å²) in [6, 6.07) is 1.90. The van der Waals surface area contributed by atoms with E-state index in [-0.39, 0.29) is 24.3 Å². The molecule has 0 radical (unpaired) electrons. The Morgan fingerprint density at radius 2 is 1.92 bits per heavy atom. The van der Waals surface area contributed by atoms with E-state index < -0.39 is 0 Å². The minimum atomic E-state index is 0.0488. The third kappa shape index (κ3) is 4.09. The number of hydrogen-bond donors (Lipinski definition) is 1. The largest absolute Gasteiger partial charge is 0.465 e. The summed E-state index contributed by atoms with van der Waals surface area (Å²) in [7, 11) is 0. The molecule has 140 valence electrons. The molecule has 2 fully saturated rings. The van der Waals surface area contributed by atoms with Gasteiger partial charge in [-0.2, -0.15) is 0 Å². The van der Waals surface area contributed by atoms with Gasteiger partial charge in [-0.25, -0.2) is 0 Å². The van der Waals surface area contributed by atoms with Gasteiger partial charge in [-0.15, -0.1) is 0 Å². The molecule has 1 amide bonds. The van der Waals surface area contributed by atoms with Crippen molar-refractivity contribution in [3.05, 3.63) is 23.2 Å². The van der Waals surface area contributed by atoms with Crippen molar-refractivity contribution in [2.45, 2.75) is 46.0 Å². The fourth-order valence-electron chi connectivity index (χ4n) is 4.16. The number of likely N-dealkylation sites (tertiary alicyclic amines) is 2. The Bertz CT molecular complexity index is 590. The summed E-state index contributed by atoms with van der Waals surface area (Å²) in [5, 5.41) is 9.79. The first-order valence-electron chi connectivity index (χ1n) is 9.72. The highest BCUT2D eigenvalue weighted by Gasteiger charge is 2.37. The molecule has 25 heavy (non-hydrogen) atoms. The molecule has 0 saturated carbocycles. The van der Waals surface area contributed by atoms with Gasteiger partial charge in [0, 0.05) is 38.1 Å². The van der Waals surface area contributed by atoms with Crippen molar-refractivity contribution < 1.29 is 14.3 Å². The van der Waals surface area contributed by atoms with E-state index in [0.717, 1.165) is 31.9 Å². The Labute approximate surface area is 151 Å². The number of carbonyl (C=O) groups is 1. The number of rotatable bonds is 5. The smallest absolute Gasteiger partial charge is 0.257 e. The Kier molecular flexibility index (Phi) is 5.85. The molecule has 2 aliphatic rings. The first-order chi connectivity index (χ1) is 12.0. The summed E-state index contributed by atoms with van der Waals surface area (Å²) in [5.41, 5.74) is 0.680.